The molecule has 0 aliphatic carbocycles. The van der Waals surface area contributed by atoms with Crippen LogP contribution in [-0.2, 0) is 10.0 Å². The number of sulfonamides is 1. The van der Waals surface area contributed by atoms with Gasteiger partial charge in [-0.05, 0) is 44.2 Å². The van der Waals surface area contributed by atoms with E-state index in [1.165, 1.54) is 18.3 Å². The van der Waals surface area contributed by atoms with Gasteiger partial charge in [0.05, 0.1) is 5.69 Å². The normalized spacial score (nSPS) is 12.3. The molecule has 0 bridgehead atoms. The van der Waals surface area contributed by atoms with Crippen LogP contribution in [0.2, 0.25) is 0 Å². The van der Waals surface area contributed by atoms with Crippen LogP contribution in [0.15, 0.2) is 52.8 Å². The van der Waals surface area contributed by atoms with Gasteiger partial charge in [-0.3, -0.25) is 4.72 Å². The third kappa shape index (κ3) is 5.16. The molecule has 0 saturated heterocycles. The van der Waals surface area contributed by atoms with E-state index in [-0.39, 0.29) is 17.2 Å². The summed E-state index contributed by atoms with van der Waals surface area (Å²) in [7, 11) is -5.60. The molecule has 0 fully saturated rings. The number of hydrogen-bond acceptors (Lipinski definition) is 6. The van der Waals surface area contributed by atoms with Crippen molar-refractivity contribution >= 4 is 32.9 Å². The SMILES string of the molecule is CCN(CC)c1ccc(N=Nc2ccccn2)c(NS(=O)(=O)C(F)(F)F)c1. The van der Waals surface area contributed by atoms with E-state index in [1.807, 2.05) is 18.7 Å². The third-order valence-corrected chi connectivity index (χ3v) is 4.67. The Morgan fingerprint density at radius 2 is 1.81 bits per heavy atom. The zero-order chi connectivity index (χ0) is 20.1. The van der Waals surface area contributed by atoms with Crippen molar-refractivity contribution in [2.24, 2.45) is 10.2 Å². The maximum atomic E-state index is 12.8. The molecule has 0 radical (unpaired) electrons. The van der Waals surface area contributed by atoms with Gasteiger partial charge in [-0.25, -0.2) is 4.98 Å². The van der Waals surface area contributed by atoms with Crippen molar-refractivity contribution in [2.75, 3.05) is 22.7 Å². The highest BCUT2D eigenvalue weighted by Crippen LogP contribution is 2.34. The van der Waals surface area contributed by atoms with E-state index in [2.05, 4.69) is 15.2 Å². The molecule has 0 aliphatic heterocycles. The van der Waals surface area contributed by atoms with Crippen LogP contribution < -0.4 is 9.62 Å². The van der Waals surface area contributed by atoms with Crippen LogP contribution in [0, 0.1) is 0 Å². The van der Waals surface area contributed by atoms with Gasteiger partial charge in [-0.2, -0.15) is 21.6 Å². The Labute approximate surface area is 155 Å². The average Bonchev–Trinajstić information content (AvgIpc) is 2.61. The Morgan fingerprint density at radius 1 is 1.11 bits per heavy atom. The van der Waals surface area contributed by atoms with Crippen LogP contribution >= 0.6 is 0 Å². The number of aromatic nitrogens is 1. The molecule has 0 unspecified atom stereocenters. The molecule has 0 aliphatic rings. The second-order valence-corrected chi connectivity index (χ2v) is 6.99. The van der Waals surface area contributed by atoms with Crippen LogP contribution in [-0.4, -0.2) is 32.0 Å². The third-order valence-electron chi connectivity index (χ3n) is 3.57. The van der Waals surface area contributed by atoms with Crippen molar-refractivity contribution in [1.82, 2.24) is 4.98 Å². The van der Waals surface area contributed by atoms with Gasteiger partial charge in [-0.1, -0.05) is 6.07 Å². The number of alkyl halides is 3. The number of hydrogen-bond donors (Lipinski definition) is 1. The quantitative estimate of drug-likeness (QED) is 0.687. The number of nitrogens with zero attached hydrogens (tertiary/aromatic N) is 4. The molecule has 0 atom stereocenters. The van der Waals surface area contributed by atoms with Crippen LogP contribution in [0.5, 0.6) is 0 Å². The predicted octanol–water partition coefficient (Wildman–Crippen LogP) is 4.60. The van der Waals surface area contributed by atoms with Crippen LogP contribution in [0.25, 0.3) is 0 Å². The topological polar surface area (TPSA) is 87.0 Å². The van der Waals surface area contributed by atoms with E-state index in [4.69, 9.17) is 0 Å². The number of azo groups is 1. The Morgan fingerprint density at radius 3 is 2.37 bits per heavy atom. The molecule has 0 saturated carbocycles. The van der Waals surface area contributed by atoms with Crippen molar-refractivity contribution in [3.63, 3.8) is 0 Å². The molecule has 1 N–H and O–H groups in total. The number of nitrogens with one attached hydrogen (secondary N) is 1. The molecular formula is C16H18F3N5O2S. The number of anilines is 2. The lowest BCUT2D eigenvalue weighted by molar-refractivity contribution is -0.0429. The minimum Gasteiger partial charge on any atom is -0.372 e. The molecule has 27 heavy (non-hydrogen) atoms. The van der Waals surface area contributed by atoms with Crippen molar-refractivity contribution in [3.05, 3.63) is 42.6 Å². The highest BCUT2D eigenvalue weighted by molar-refractivity contribution is 7.93. The van der Waals surface area contributed by atoms with E-state index in [0.29, 0.717) is 18.8 Å². The molecule has 1 aromatic heterocycles. The molecular weight excluding hydrogens is 383 g/mol. The van der Waals surface area contributed by atoms with Crippen molar-refractivity contribution in [2.45, 2.75) is 19.4 Å². The molecule has 1 heterocycles. The van der Waals surface area contributed by atoms with Crippen LogP contribution in [0.3, 0.4) is 0 Å². The molecule has 1 aromatic carbocycles. The summed E-state index contributed by atoms with van der Waals surface area (Å²) >= 11 is 0. The Bertz CT molecular complexity index is 898. The highest BCUT2D eigenvalue weighted by atomic mass is 32.2. The van der Waals surface area contributed by atoms with Gasteiger partial charge in [0.2, 0.25) is 0 Å². The Balaban J connectivity index is 2.47. The van der Waals surface area contributed by atoms with Crippen LogP contribution in [0.4, 0.5) is 36.1 Å². The molecule has 11 heteroatoms. The lowest BCUT2D eigenvalue weighted by atomic mass is 10.2. The van der Waals surface area contributed by atoms with Gasteiger partial charge in [0.15, 0.2) is 5.82 Å². The van der Waals surface area contributed by atoms with Crippen LogP contribution in [0.1, 0.15) is 13.8 Å². The number of pyridine rings is 1. The van der Waals surface area contributed by atoms with Gasteiger partial charge >= 0.3 is 15.5 Å². The fraction of sp³-hybridized carbons (Fsp3) is 0.312. The lowest BCUT2D eigenvalue weighted by Crippen LogP contribution is -2.30. The molecule has 2 rings (SSSR count). The molecule has 0 amide bonds. The smallest absolute Gasteiger partial charge is 0.372 e. The molecule has 0 spiro atoms. The van der Waals surface area contributed by atoms with E-state index < -0.39 is 15.5 Å². The number of benzene rings is 1. The predicted molar refractivity (Wildman–Crippen MR) is 97.0 cm³/mol. The zero-order valence-electron chi connectivity index (χ0n) is 14.6. The summed E-state index contributed by atoms with van der Waals surface area (Å²) in [6.45, 7) is 4.93. The van der Waals surface area contributed by atoms with Crippen molar-refractivity contribution in [3.8, 4) is 0 Å². The first-order chi connectivity index (χ1) is 12.7. The largest absolute Gasteiger partial charge is 0.516 e. The number of rotatable bonds is 7. The van der Waals surface area contributed by atoms with Gasteiger partial charge < -0.3 is 4.90 Å². The summed E-state index contributed by atoms with van der Waals surface area (Å²) in [5, 5.41) is 7.67. The second kappa shape index (κ2) is 8.33. The fourth-order valence-corrected chi connectivity index (χ4v) is 2.77. The van der Waals surface area contributed by atoms with Gasteiger partial charge in [0.25, 0.3) is 0 Å². The zero-order valence-corrected chi connectivity index (χ0v) is 15.4. The lowest BCUT2D eigenvalue weighted by Gasteiger charge is -2.22. The summed E-state index contributed by atoms with van der Waals surface area (Å²) < 4.78 is 62.9. The van der Waals surface area contributed by atoms with Crippen molar-refractivity contribution < 1.29 is 21.6 Å². The fourth-order valence-electron chi connectivity index (χ4n) is 2.20. The minimum absolute atomic E-state index is 0.0654. The minimum atomic E-state index is -5.60. The second-order valence-electron chi connectivity index (χ2n) is 5.31. The highest BCUT2D eigenvalue weighted by Gasteiger charge is 2.46. The van der Waals surface area contributed by atoms with E-state index >= 15 is 0 Å². The first-order valence-corrected chi connectivity index (χ1v) is 9.47. The maximum Gasteiger partial charge on any atom is 0.516 e. The summed E-state index contributed by atoms with van der Waals surface area (Å²) in [5.41, 5.74) is -5.29. The first-order valence-electron chi connectivity index (χ1n) is 7.98. The number of halogens is 3. The monoisotopic (exact) mass is 401 g/mol. The molecule has 2 aromatic rings. The summed E-state index contributed by atoms with van der Waals surface area (Å²) in [5.74, 6) is 0.231. The van der Waals surface area contributed by atoms with E-state index in [9.17, 15) is 21.6 Å². The summed E-state index contributed by atoms with van der Waals surface area (Å²) in [4.78, 5) is 5.77. The maximum absolute atomic E-state index is 12.8. The van der Waals surface area contributed by atoms with E-state index in [0.717, 1.165) is 0 Å². The molecule has 146 valence electrons. The van der Waals surface area contributed by atoms with Gasteiger partial charge in [0, 0.05) is 25.0 Å². The Kier molecular flexibility index (Phi) is 6.37. The van der Waals surface area contributed by atoms with Gasteiger partial charge in [0.1, 0.15) is 5.69 Å². The molecule has 7 nitrogen and oxygen atoms in total. The standard InChI is InChI=1S/C16H18F3N5O2S/c1-3-24(4-2)12-8-9-13(21-22-15-7-5-6-10-20-15)14(11-12)23-27(25,26)16(17,18)19/h5-11,23H,3-4H2,1-2H3. The van der Waals surface area contributed by atoms with E-state index in [1.54, 1.807) is 29.0 Å². The van der Waals surface area contributed by atoms with Gasteiger partial charge in [-0.15, -0.1) is 10.2 Å². The average molecular weight is 401 g/mol. The summed E-state index contributed by atoms with van der Waals surface area (Å²) in [6.07, 6.45) is 1.48. The Hall–Kier alpha value is -2.69. The first kappa shape index (κ1) is 20.6. The van der Waals surface area contributed by atoms with Crippen molar-refractivity contribution in [1.29, 1.82) is 0 Å². The summed E-state index contributed by atoms with van der Waals surface area (Å²) in [6, 6.07) is 9.20.